The van der Waals surface area contributed by atoms with Crippen LogP contribution >= 0.6 is 11.6 Å². The Bertz CT molecular complexity index is 593. The second-order valence-electron chi connectivity index (χ2n) is 4.59. The molecule has 0 aliphatic rings. The van der Waals surface area contributed by atoms with Crippen LogP contribution in [-0.4, -0.2) is 9.78 Å². The number of benzene rings is 1. The van der Waals surface area contributed by atoms with Gasteiger partial charge in [-0.05, 0) is 25.5 Å². The molecule has 0 saturated heterocycles. The highest BCUT2D eigenvalue weighted by atomic mass is 35.5. The van der Waals surface area contributed by atoms with Gasteiger partial charge in [0.2, 0.25) is 0 Å². The van der Waals surface area contributed by atoms with Crippen LogP contribution in [0, 0.1) is 19.7 Å². The third-order valence-corrected chi connectivity index (χ3v) is 3.73. The Hall–Kier alpha value is -1.39. The third kappa shape index (κ3) is 2.96. The lowest BCUT2D eigenvalue weighted by Gasteiger charge is -2.07. The summed E-state index contributed by atoms with van der Waals surface area (Å²) < 4.78 is 15.2. The molecule has 102 valence electrons. The van der Waals surface area contributed by atoms with Crippen LogP contribution in [0.5, 0.6) is 0 Å². The smallest absolute Gasteiger partial charge is 0.142 e. The fraction of sp³-hybridized carbons (Fsp3) is 0.357. The zero-order valence-electron chi connectivity index (χ0n) is 11.3. The maximum Gasteiger partial charge on any atom is 0.142 e. The van der Waals surface area contributed by atoms with E-state index in [1.807, 2.05) is 31.6 Å². The van der Waals surface area contributed by atoms with Crippen LogP contribution in [0.1, 0.15) is 22.5 Å². The molecule has 1 aromatic carbocycles. The van der Waals surface area contributed by atoms with Crippen LogP contribution in [0.4, 0.5) is 4.39 Å². The van der Waals surface area contributed by atoms with Gasteiger partial charge in [-0.1, -0.05) is 23.7 Å². The number of halogens is 2. The van der Waals surface area contributed by atoms with Gasteiger partial charge in [-0.25, -0.2) is 4.39 Å². The zero-order chi connectivity index (χ0) is 14.0. The Labute approximate surface area is 117 Å². The molecule has 0 bridgehead atoms. The SMILES string of the molecule is Cc1nn(C)c(C)c1CNCc1cccc(F)c1Cl. The lowest BCUT2D eigenvalue weighted by atomic mass is 10.2. The standard InChI is InChI=1S/C14H17ClFN3/c1-9-12(10(2)19(3)18-9)8-17-7-11-5-4-6-13(16)14(11)15/h4-6,17H,7-8H2,1-3H3. The number of hydrogen-bond acceptors (Lipinski definition) is 2. The van der Waals surface area contributed by atoms with E-state index in [1.165, 1.54) is 11.6 Å². The molecule has 2 aromatic rings. The largest absolute Gasteiger partial charge is 0.308 e. The molecule has 1 heterocycles. The van der Waals surface area contributed by atoms with Crippen molar-refractivity contribution in [1.82, 2.24) is 15.1 Å². The summed E-state index contributed by atoms with van der Waals surface area (Å²) in [6.45, 7) is 5.24. The molecule has 0 atom stereocenters. The van der Waals surface area contributed by atoms with Gasteiger partial charge in [-0.3, -0.25) is 4.68 Å². The van der Waals surface area contributed by atoms with Crippen molar-refractivity contribution in [3.05, 3.63) is 51.6 Å². The molecule has 2 rings (SSSR count). The zero-order valence-corrected chi connectivity index (χ0v) is 12.1. The predicted molar refractivity (Wildman–Crippen MR) is 74.6 cm³/mol. The highest BCUT2D eigenvalue weighted by molar-refractivity contribution is 6.31. The Morgan fingerprint density at radius 2 is 2.05 bits per heavy atom. The average Bonchev–Trinajstić information content (AvgIpc) is 2.61. The fourth-order valence-electron chi connectivity index (χ4n) is 2.08. The van der Waals surface area contributed by atoms with E-state index in [4.69, 9.17) is 11.6 Å². The summed E-state index contributed by atoms with van der Waals surface area (Å²) >= 11 is 5.91. The lowest BCUT2D eigenvalue weighted by Crippen LogP contribution is -2.14. The van der Waals surface area contributed by atoms with E-state index in [2.05, 4.69) is 10.4 Å². The molecule has 0 spiro atoms. The summed E-state index contributed by atoms with van der Waals surface area (Å²) in [5, 5.41) is 7.82. The summed E-state index contributed by atoms with van der Waals surface area (Å²) in [6.07, 6.45) is 0. The normalized spacial score (nSPS) is 11.0. The van der Waals surface area contributed by atoms with E-state index in [1.54, 1.807) is 6.07 Å². The second kappa shape index (κ2) is 5.72. The van der Waals surface area contributed by atoms with E-state index in [0.29, 0.717) is 13.1 Å². The predicted octanol–water partition coefficient (Wildman–Crippen LogP) is 3.12. The van der Waals surface area contributed by atoms with Gasteiger partial charge in [0.1, 0.15) is 5.82 Å². The summed E-state index contributed by atoms with van der Waals surface area (Å²) in [5.74, 6) is -0.380. The van der Waals surface area contributed by atoms with Crippen molar-refractivity contribution < 1.29 is 4.39 Å². The molecule has 0 radical (unpaired) electrons. The number of hydrogen-bond donors (Lipinski definition) is 1. The van der Waals surface area contributed by atoms with Crippen LogP contribution in [0.2, 0.25) is 5.02 Å². The first-order valence-corrected chi connectivity index (χ1v) is 6.51. The van der Waals surface area contributed by atoms with Crippen LogP contribution in [-0.2, 0) is 20.1 Å². The average molecular weight is 282 g/mol. The summed E-state index contributed by atoms with van der Waals surface area (Å²) in [5.41, 5.74) is 4.09. The molecular formula is C14H17ClFN3. The summed E-state index contributed by atoms with van der Waals surface area (Å²) in [7, 11) is 1.93. The van der Waals surface area contributed by atoms with Gasteiger partial charge < -0.3 is 5.32 Å². The van der Waals surface area contributed by atoms with Crippen molar-refractivity contribution in [2.75, 3.05) is 0 Å². The third-order valence-electron chi connectivity index (χ3n) is 3.31. The van der Waals surface area contributed by atoms with Crippen LogP contribution in [0.25, 0.3) is 0 Å². The van der Waals surface area contributed by atoms with Gasteiger partial charge >= 0.3 is 0 Å². The molecule has 1 aromatic heterocycles. The van der Waals surface area contributed by atoms with Gasteiger partial charge in [0.05, 0.1) is 10.7 Å². The number of nitrogens with one attached hydrogen (secondary N) is 1. The van der Waals surface area contributed by atoms with Gasteiger partial charge in [0.25, 0.3) is 0 Å². The number of aromatic nitrogens is 2. The number of aryl methyl sites for hydroxylation is 2. The maximum atomic E-state index is 13.3. The Morgan fingerprint density at radius 3 is 2.68 bits per heavy atom. The topological polar surface area (TPSA) is 29.9 Å². The minimum Gasteiger partial charge on any atom is -0.308 e. The Balaban J connectivity index is 2.02. The van der Waals surface area contributed by atoms with E-state index in [0.717, 1.165) is 17.0 Å². The molecule has 0 aliphatic heterocycles. The highest BCUT2D eigenvalue weighted by Gasteiger charge is 2.09. The van der Waals surface area contributed by atoms with Crippen molar-refractivity contribution in [3.8, 4) is 0 Å². The molecule has 0 unspecified atom stereocenters. The minimum atomic E-state index is -0.380. The van der Waals surface area contributed by atoms with E-state index >= 15 is 0 Å². The van der Waals surface area contributed by atoms with E-state index in [-0.39, 0.29) is 10.8 Å². The molecule has 0 aliphatic carbocycles. The van der Waals surface area contributed by atoms with Gasteiger partial charge in [-0.2, -0.15) is 5.10 Å². The quantitative estimate of drug-likeness (QED) is 0.933. The van der Waals surface area contributed by atoms with Crippen molar-refractivity contribution in [3.63, 3.8) is 0 Å². The molecule has 0 saturated carbocycles. The van der Waals surface area contributed by atoms with Crippen molar-refractivity contribution in [1.29, 1.82) is 0 Å². The van der Waals surface area contributed by atoms with Crippen LogP contribution in [0.3, 0.4) is 0 Å². The van der Waals surface area contributed by atoms with Crippen LogP contribution < -0.4 is 5.32 Å². The van der Waals surface area contributed by atoms with Crippen LogP contribution in [0.15, 0.2) is 18.2 Å². The van der Waals surface area contributed by atoms with Gasteiger partial charge in [0, 0.05) is 31.4 Å². The Kier molecular flexibility index (Phi) is 4.22. The monoisotopic (exact) mass is 281 g/mol. The summed E-state index contributed by atoms with van der Waals surface area (Å²) in [6, 6.07) is 4.85. The van der Waals surface area contributed by atoms with Crippen molar-refractivity contribution in [2.24, 2.45) is 7.05 Å². The molecule has 19 heavy (non-hydrogen) atoms. The van der Waals surface area contributed by atoms with E-state index in [9.17, 15) is 4.39 Å². The highest BCUT2D eigenvalue weighted by Crippen LogP contribution is 2.19. The fourth-order valence-corrected chi connectivity index (χ4v) is 2.27. The molecule has 0 fully saturated rings. The second-order valence-corrected chi connectivity index (χ2v) is 4.97. The summed E-state index contributed by atoms with van der Waals surface area (Å²) in [4.78, 5) is 0. The first kappa shape index (κ1) is 14.0. The Morgan fingerprint density at radius 1 is 1.32 bits per heavy atom. The maximum absolute atomic E-state index is 13.3. The molecule has 1 N–H and O–H groups in total. The number of rotatable bonds is 4. The molecule has 5 heteroatoms. The first-order valence-electron chi connectivity index (χ1n) is 6.13. The molecular weight excluding hydrogens is 265 g/mol. The molecule has 3 nitrogen and oxygen atoms in total. The number of nitrogens with zero attached hydrogens (tertiary/aromatic N) is 2. The van der Waals surface area contributed by atoms with Crippen molar-refractivity contribution in [2.45, 2.75) is 26.9 Å². The van der Waals surface area contributed by atoms with E-state index < -0.39 is 0 Å². The molecule has 0 amide bonds. The van der Waals surface area contributed by atoms with Gasteiger partial charge in [0.15, 0.2) is 0 Å². The minimum absolute atomic E-state index is 0.189. The van der Waals surface area contributed by atoms with Gasteiger partial charge in [-0.15, -0.1) is 0 Å². The first-order chi connectivity index (χ1) is 9.00. The van der Waals surface area contributed by atoms with Crippen molar-refractivity contribution >= 4 is 11.6 Å². The lowest BCUT2D eigenvalue weighted by molar-refractivity contribution is 0.620.